The molecule has 1 fully saturated rings. The summed E-state index contributed by atoms with van der Waals surface area (Å²) in [5.74, 6) is -1.07. The van der Waals surface area contributed by atoms with Crippen molar-refractivity contribution >= 4 is 22.0 Å². The number of hydrogen-bond donors (Lipinski definition) is 2. The van der Waals surface area contributed by atoms with Gasteiger partial charge >= 0.3 is 16.2 Å². The first-order valence-corrected chi connectivity index (χ1v) is 7.35. The normalized spacial score (nSPS) is 18.1. The Morgan fingerprint density at radius 1 is 1.37 bits per heavy atom. The molecule has 19 heavy (non-hydrogen) atoms. The third-order valence-corrected chi connectivity index (χ3v) is 4.55. The summed E-state index contributed by atoms with van der Waals surface area (Å²) < 4.78 is 27.7. The first-order chi connectivity index (χ1) is 8.99. The highest BCUT2D eigenvalue weighted by Crippen LogP contribution is 2.20. The van der Waals surface area contributed by atoms with E-state index < -0.39 is 22.1 Å². The lowest BCUT2D eigenvalue weighted by Crippen LogP contribution is -2.43. The number of pyridine rings is 1. The Hall–Kier alpha value is -1.67. The number of rotatable bonds is 4. The van der Waals surface area contributed by atoms with Crippen molar-refractivity contribution in [3.05, 3.63) is 24.4 Å². The maximum absolute atomic E-state index is 12.1. The fourth-order valence-electron chi connectivity index (χ4n) is 1.96. The first-order valence-electron chi connectivity index (χ1n) is 5.91. The average Bonchev–Trinajstić information content (AvgIpc) is 2.39. The quantitative estimate of drug-likeness (QED) is 0.841. The van der Waals surface area contributed by atoms with Gasteiger partial charge in [-0.2, -0.15) is 12.7 Å². The highest BCUT2D eigenvalue weighted by molar-refractivity contribution is 7.90. The molecular weight excluding hydrogens is 270 g/mol. The van der Waals surface area contributed by atoms with Gasteiger partial charge in [-0.25, -0.2) is 4.98 Å². The Labute approximate surface area is 111 Å². The number of carbonyl (C=O) groups is 1. The monoisotopic (exact) mass is 285 g/mol. The zero-order valence-corrected chi connectivity index (χ0v) is 11.0. The topological polar surface area (TPSA) is 99.6 Å². The van der Waals surface area contributed by atoms with Crippen molar-refractivity contribution in [2.75, 3.05) is 17.8 Å². The van der Waals surface area contributed by atoms with E-state index in [0.29, 0.717) is 12.8 Å². The van der Waals surface area contributed by atoms with E-state index in [2.05, 4.69) is 9.71 Å². The minimum atomic E-state index is -3.66. The highest BCUT2D eigenvalue weighted by atomic mass is 32.2. The van der Waals surface area contributed by atoms with Crippen molar-refractivity contribution in [2.45, 2.75) is 12.8 Å². The molecule has 1 aromatic rings. The molecule has 0 aromatic carbocycles. The average molecular weight is 285 g/mol. The number of anilines is 1. The molecule has 1 aliphatic heterocycles. The molecule has 2 rings (SSSR count). The Morgan fingerprint density at radius 3 is 2.58 bits per heavy atom. The molecule has 2 heterocycles. The summed E-state index contributed by atoms with van der Waals surface area (Å²) in [7, 11) is -3.66. The summed E-state index contributed by atoms with van der Waals surface area (Å²) in [5, 5.41) is 8.87. The lowest BCUT2D eigenvalue weighted by atomic mass is 9.99. The van der Waals surface area contributed by atoms with Crippen LogP contribution in [0.1, 0.15) is 12.8 Å². The van der Waals surface area contributed by atoms with Crippen LogP contribution in [0.3, 0.4) is 0 Å². The fraction of sp³-hybridized carbons (Fsp3) is 0.455. The number of nitrogens with zero attached hydrogens (tertiary/aromatic N) is 2. The van der Waals surface area contributed by atoms with Crippen LogP contribution >= 0.6 is 0 Å². The van der Waals surface area contributed by atoms with Gasteiger partial charge < -0.3 is 5.11 Å². The second-order valence-electron chi connectivity index (χ2n) is 4.33. The van der Waals surface area contributed by atoms with Crippen molar-refractivity contribution in [3.8, 4) is 0 Å². The molecule has 0 radical (unpaired) electrons. The predicted molar refractivity (Wildman–Crippen MR) is 68.7 cm³/mol. The highest BCUT2D eigenvalue weighted by Gasteiger charge is 2.31. The molecule has 1 aliphatic rings. The summed E-state index contributed by atoms with van der Waals surface area (Å²) >= 11 is 0. The SMILES string of the molecule is O=C(O)C1CCN(S(=O)(=O)Nc2ccccn2)CC1. The zero-order chi connectivity index (χ0) is 13.9. The van der Waals surface area contributed by atoms with Gasteiger partial charge in [-0.3, -0.25) is 9.52 Å². The molecule has 0 saturated carbocycles. The number of carboxylic acids is 1. The van der Waals surface area contributed by atoms with Gasteiger partial charge in [-0.1, -0.05) is 6.07 Å². The lowest BCUT2D eigenvalue weighted by Gasteiger charge is -2.29. The van der Waals surface area contributed by atoms with Crippen LogP contribution in [0.5, 0.6) is 0 Å². The molecule has 0 unspecified atom stereocenters. The fourth-order valence-corrected chi connectivity index (χ4v) is 3.17. The lowest BCUT2D eigenvalue weighted by molar-refractivity contribution is -0.142. The molecule has 0 amide bonds. The van der Waals surface area contributed by atoms with E-state index >= 15 is 0 Å². The van der Waals surface area contributed by atoms with Crippen LogP contribution in [0.25, 0.3) is 0 Å². The van der Waals surface area contributed by atoms with Crippen molar-refractivity contribution in [2.24, 2.45) is 5.92 Å². The molecule has 0 atom stereocenters. The number of carboxylic acid groups (broad SMARTS) is 1. The van der Waals surface area contributed by atoms with Gasteiger partial charge in [-0.05, 0) is 25.0 Å². The third kappa shape index (κ3) is 3.42. The van der Waals surface area contributed by atoms with Crippen LogP contribution in [0, 0.1) is 5.92 Å². The van der Waals surface area contributed by atoms with E-state index in [1.165, 1.54) is 10.5 Å². The second-order valence-corrected chi connectivity index (χ2v) is 6.00. The number of nitrogens with one attached hydrogen (secondary N) is 1. The summed E-state index contributed by atoms with van der Waals surface area (Å²) in [6, 6.07) is 4.93. The standard InChI is InChI=1S/C11H15N3O4S/c15-11(16)9-4-7-14(8-5-9)19(17,18)13-10-3-1-2-6-12-10/h1-3,6,9H,4-5,7-8H2,(H,12,13)(H,15,16). The first kappa shape index (κ1) is 13.8. The van der Waals surface area contributed by atoms with Gasteiger partial charge in [0.2, 0.25) is 0 Å². The molecule has 0 bridgehead atoms. The smallest absolute Gasteiger partial charge is 0.306 e. The van der Waals surface area contributed by atoms with Crippen LogP contribution in [-0.2, 0) is 15.0 Å². The van der Waals surface area contributed by atoms with Crippen LogP contribution in [0.2, 0.25) is 0 Å². The maximum Gasteiger partial charge on any atom is 0.306 e. The number of aromatic nitrogens is 1. The largest absolute Gasteiger partial charge is 0.481 e. The summed E-state index contributed by atoms with van der Waals surface area (Å²) in [4.78, 5) is 14.7. The molecule has 8 heteroatoms. The molecule has 1 aromatic heterocycles. The van der Waals surface area contributed by atoms with Gasteiger partial charge in [0.1, 0.15) is 5.82 Å². The third-order valence-electron chi connectivity index (χ3n) is 3.04. The number of aliphatic carboxylic acids is 1. The van der Waals surface area contributed by atoms with Crippen LogP contribution in [0.4, 0.5) is 5.82 Å². The second kappa shape index (κ2) is 5.54. The van der Waals surface area contributed by atoms with Gasteiger partial charge in [0.05, 0.1) is 5.92 Å². The minimum Gasteiger partial charge on any atom is -0.481 e. The van der Waals surface area contributed by atoms with Crippen molar-refractivity contribution in [3.63, 3.8) is 0 Å². The van der Waals surface area contributed by atoms with E-state index in [1.807, 2.05) is 0 Å². The Bertz CT molecular complexity index is 538. The van der Waals surface area contributed by atoms with Crippen LogP contribution < -0.4 is 4.72 Å². The summed E-state index contributed by atoms with van der Waals surface area (Å²) in [6.07, 6.45) is 2.16. The van der Waals surface area contributed by atoms with Crippen molar-refractivity contribution in [1.29, 1.82) is 0 Å². The molecule has 0 aliphatic carbocycles. The van der Waals surface area contributed by atoms with Gasteiger partial charge in [0.25, 0.3) is 0 Å². The van der Waals surface area contributed by atoms with Crippen LogP contribution in [-0.4, -0.2) is 41.9 Å². The van der Waals surface area contributed by atoms with E-state index in [1.54, 1.807) is 18.2 Å². The van der Waals surface area contributed by atoms with Crippen molar-refractivity contribution in [1.82, 2.24) is 9.29 Å². The molecular formula is C11H15N3O4S. The molecule has 1 saturated heterocycles. The number of piperidine rings is 1. The Morgan fingerprint density at radius 2 is 2.05 bits per heavy atom. The van der Waals surface area contributed by atoms with Crippen LogP contribution in [0.15, 0.2) is 24.4 Å². The molecule has 7 nitrogen and oxygen atoms in total. The van der Waals surface area contributed by atoms with E-state index in [0.717, 1.165) is 0 Å². The Balaban J connectivity index is 2.00. The Kier molecular flexibility index (Phi) is 4.01. The zero-order valence-electron chi connectivity index (χ0n) is 10.2. The van der Waals surface area contributed by atoms with E-state index in [4.69, 9.17) is 5.11 Å². The molecule has 2 N–H and O–H groups in total. The van der Waals surface area contributed by atoms with Gasteiger partial charge in [-0.15, -0.1) is 0 Å². The van der Waals surface area contributed by atoms with E-state index in [-0.39, 0.29) is 18.9 Å². The van der Waals surface area contributed by atoms with E-state index in [9.17, 15) is 13.2 Å². The van der Waals surface area contributed by atoms with Gasteiger partial charge in [0, 0.05) is 19.3 Å². The molecule has 0 spiro atoms. The maximum atomic E-state index is 12.1. The minimum absolute atomic E-state index is 0.207. The number of hydrogen-bond acceptors (Lipinski definition) is 4. The predicted octanol–water partition coefficient (Wildman–Crippen LogP) is 0.535. The van der Waals surface area contributed by atoms with Gasteiger partial charge in [0.15, 0.2) is 0 Å². The summed E-state index contributed by atoms with van der Waals surface area (Å²) in [6.45, 7) is 0.415. The summed E-state index contributed by atoms with van der Waals surface area (Å²) in [5.41, 5.74) is 0. The van der Waals surface area contributed by atoms with Crippen molar-refractivity contribution < 1.29 is 18.3 Å². The molecule has 104 valence electrons.